The topological polar surface area (TPSA) is 86.7 Å². The summed E-state index contributed by atoms with van der Waals surface area (Å²) in [6.07, 6.45) is 7.39. The standard InChI is InChI=1S/C18H25N5O3/c1-21(2)17(25)12-23-15-5-3-13(18(23)26)10-22(11-15)16(24)6-4-14-9-19-7-8-20-14/h7-9,13,15H,3-6,10-12H2,1-2H3/t13-,15+/m0/s1. The van der Waals surface area contributed by atoms with Gasteiger partial charge in [-0.1, -0.05) is 0 Å². The zero-order valence-corrected chi connectivity index (χ0v) is 15.3. The average molecular weight is 359 g/mol. The molecule has 140 valence electrons. The highest BCUT2D eigenvalue weighted by Gasteiger charge is 2.42. The molecule has 2 bridgehead atoms. The van der Waals surface area contributed by atoms with E-state index >= 15 is 0 Å². The van der Waals surface area contributed by atoms with E-state index in [0.717, 1.165) is 18.5 Å². The van der Waals surface area contributed by atoms with E-state index in [9.17, 15) is 14.4 Å². The first-order valence-electron chi connectivity index (χ1n) is 8.99. The Labute approximate surface area is 153 Å². The van der Waals surface area contributed by atoms with Gasteiger partial charge in [0, 0.05) is 58.2 Å². The quantitative estimate of drug-likeness (QED) is 0.735. The van der Waals surface area contributed by atoms with Crippen molar-refractivity contribution in [2.45, 2.75) is 31.7 Å². The molecular formula is C18H25N5O3. The zero-order valence-electron chi connectivity index (χ0n) is 15.3. The number of amides is 3. The van der Waals surface area contributed by atoms with Gasteiger partial charge in [-0.2, -0.15) is 0 Å². The normalized spacial score (nSPS) is 22.3. The maximum atomic E-state index is 12.7. The summed E-state index contributed by atoms with van der Waals surface area (Å²) in [6, 6.07) is -0.0781. The molecule has 0 unspecified atom stereocenters. The van der Waals surface area contributed by atoms with Crippen LogP contribution in [0.2, 0.25) is 0 Å². The number of carbonyl (C=O) groups excluding carboxylic acids is 3. The molecule has 0 spiro atoms. The number of aryl methyl sites for hydroxylation is 1. The monoisotopic (exact) mass is 359 g/mol. The molecule has 0 radical (unpaired) electrons. The third-order valence-electron chi connectivity index (χ3n) is 5.16. The van der Waals surface area contributed by atoms with Crippen molar-refractivity contribution in [1.29, 1.82) is 0 Å². The van der Waals surface area contributed by atoms with Gasteiger partial charge in [0.15, 0.2) is 0 Å². The van der Waals surface area contributed by atoms with Crippen LogP contribution in [0.15, 0.2) is 18.6 Å². The molecular weight excluding hydrogens is 334 g/mol. The Kier molecular flexibility index (Phi) is 5.49. The number of likely N-dealkylation sites (N-methyl/N-ethyl adjacent to an activating group) is 1. The molecule has 4 rings (SSSR count). The minimum atomic E-state index is -0.204. The third-order valence-corrected chi connectivity index (χ3v) is 5.16. The molecule has 3 fully saturated rings. The molecule has 3 amide bonds. The molecule has 2 atom stereocenters. The van der Waals surface area contributed by atoms with Crippen molar-refractivity contribution in [3.63, 3.8) is 0 Å². The maximum absolute atomic E-state index is 12.7. The average Bonchev–Trinajstić information content (AvgIpc) is 2.93. The molecule has 26 heavy (non-hydrogen) atoms. The van der Waals surface area contributed by atoms with Crippen LogP contribution in [0.1, 0.15) is 25.0 Å². The first-order chi connectivity index (χ1) is 12.5. The van der Waals surface area contributed by atoms with E-state index in [1.54, 1.807) is 42.5 Å². The molecule has 0 saturated carbocycles. The number of hydrogen-bond donors (Lipinski definition) is 0. The van der Waals surface area contributed by atoms with Gasteiger partial charge in [-0.15, -0.1) is 0 Å². The fourth-order valence-corrected chi connectivity index (χ4v) is 3.59. The van der Waals surface area contributed by atoms with Gasteiger partial charge in [0.1, 0.15) is 6.54 Å². The number of hydrogen-bond acceptors (Lipinski definition) is 5. The lowest BCUT2D eigenvalue weighted by Gasteiger charge is -2.35. The number of rotatable bonds is 5. The molecule has 3 aliphatic rings. The summed E-state index contributed by atoms with van der Waals surface area (Å²) in [5.74, 6) is -0.266. The second-order valence-electron chi connectivity index (χ2n) is 7.18. The molecule has 0 aliphatic carbocycles. The highest BCUT2D eigenvalue weighted by atomic mass is 16.2. The van der Waals surface area contributed by atoms with Crippen molar-refractivity contribution in [1.82, 2.24) is 24.7 Å². The van der Waals surface area contributed by atoms with Crippen molar-refractivity contribution in [2.24, 2.45) is 5.92 Å². The van der Waals surface area contributed by atoms with Gasteiger partial charge < -0.3 is 14.7 Å². The first kappa shape index (κ1) is 18.3. The lowest BCUT2D eigenvalue weighted by Crippen LogP contribution is -2.51. The Morgan fingerprint density at radius 1 is 1.23 bits per heavy atom. The van der Waals surface area contributed by atoms with E-state index in [1.165, 1.54) is 4.90 Å². The van der Waals surface area contributed by atoms with Crippen molar-refractivity contribution >= 4 is 17.7 Å². The maximum Gasteiger partial charge on any atom is 0.241 e. The summed E-state index contributed by atoms with van der Waals surface area (Å²) in [4.78, 5) is 50.6. The van der Waals surface area contributed by atoms with E-state index in [2.05, 4.69) is 9.97 Å². The molecule has 1 aromatic heterocycles. The van der Waals surface area contributed by atoms with Crippen LogP contribution in [-0.4, -0.2) is 82.2 Å². The van der Waals surface area contributed by atoms with Crippen molar-refractivity contribution in [2.75, 3.05) is 33.7 Å². The number of carbonyl (C=O) groups is 3. The van der Waals surface area contributed by atoms with Crippen molar-refractivity contribution < 1.29 is 14.4 Å². The predicted octanol–water partition coefficient (Wildman–Crippen LogP) is -0.0532. The Balaban J connectivity index is 1.64. The fraction of sp³-hybridized carbons (Fsp3) is 0.611. The minimum absolute atomic E-state index is 0.000626. The molecule has 8 nitrogen and oxygen atoms in total. The van der Waals surface area contributed by atoms with E-state index in [4.69, 9.17) is 0 Å². The second-order valence-corrected chi connectivity index (χ2v) is 7.18. The smallest absolute Gasteiger partial charge is 0.241 e. The van der Waals surface area contributed by atoms with Gasteiger partial charge in [-0.25, -0.2) is 0 Å². The van der Waals surface area contributed by atoms with Crippen LogP contribution >= 0.6 is 0 Å². The summed E-state index contributed by atoms with van der Waals surface area (Å²) >= 11 is 0. The number of nitrogens with zero attached hydrogens (tertiary/aromatic N) is 5. The molecule has 8 heteroatoms. The van der Waals surface area contributed by atoms with Gasteiger partial charge in [-0.3, -0.25) is 24.4 Å². The van der Waals surface area contributed by atoms with E-state index in [1.807, 2.05) is 0 Å². The van der Waals surface area contributed by atoms with E-state index < -0.39 is 0 Å². The van der Waals surface area contributed by atoms with Crippen LogP contribution in [0, 0.1) is 5.92 Å². The number of aromatic nitrogens is 2. The van der Waals surface area contributed by atoms with Crippen LogP contribution < -0.4 is 0 Å². The van der Waals surface area contributed by atoms with Gasteiger partial charge in [0.2, 0.25) is 17.7 Å². The Morgan fingerprint density at radius 2 is 2.04 bits per heavy atom. The largest absolute Gasteiger partial charge is 0.347 e. The molecule has 0 aromatic carbocycles. The predicted molar refractivity (Wildman–Crippen MR) is 93.9 cm³/mol. The fourth-order valence-electron chi connectivity index (χ4n) is 3.59. The molecule has 1 aromatic rings. The Morgan fingerprint density at radius 3 is 2.73 bits per heavy atom. The lowest BCUT2D eigenvalue weighted by atomic mass is 9.94. The molecule has 4 heterocycles. The van der Waals surface area contributed by atoms with E-state index in [0.29, 0.717) is 25.9 Å². The molecule has 0 N–H and O–H groups in total. The van der Waals surface area contributed by atoms with Gasteiger partial charge in [-0.05, 0) is 19.3 Å². The zero-order chi connectivity index (χ0) is 18.7. The Bertz CT molecular complexity index is 679. The van der Waals surface area contributed by atoms with Gasteiger partial charge in [0.25, 0.3) is 0 Å². The third kappa shape index (κ3) is 4.00. The summed E-state index contributed by atoms with van der Waals surface area (Å²) < 4.78 is 0. The number of fused-ring (bicyclic) bond motifs is 4. The van der Waals surface area contributed by atoms with Crippen molar-refractivity contribution in [3.8, 4) is 0 Å². The number of piperidine rings is 1. The summed E-state index contributed by atoms with van der Waals surface area (Å²) in [5.41, 5.74) is 0.785. The molecule has 3 aliphatic heterocycles. The van der Waals surface area contributed by atoms with Crippen LogP contribution in [-0.2, 0) is 20.8 Å². The van der Waals surface area contributed by atoms with Crippen LogP contribution in [0.3, 0.4) is 0 Å². The van der Waals surface area contributed by atoms with Crippen LogP contribution in [0.4, 0.5) is 0 Å². The van der Waals surface area contributed by atoms with Gasteiger partial charge in [0.05, 0.1) is 11.6 Å². The summed E-state index contributed by atoms with van der Waals surface area (Å²) in [5, 5.41) is 0. The SMILES string of the molecule is CN(C)C(=O)CN1C(=O)[C@H]2CC[C@@H]1CN(C(=O)CCc1cnccn1)C2. The molecule has 3 saturated heterocycles. The van der Waals surface area contributed by atoms with Crippen LogP contribution in [0.5, 0.6) is 0 Å². The second kappa shape index (κ2) is 7.80. The highest BCUT2D eigenvalue weighted by molar-refractivity contribution is 5.88. The van der Waals surface area contributed by atoms with E-state index in [-0.39, 0.29) is 36.2 Å². The van der Waals surface area contributed by atoms with Crippen molar-refractivity contribution in [3.05, 3.63) is 24.3 Å². The van der Waals surface area contributed by atoms with Gasteiger partial charge >= 0.3 is 0 Å². The summed E-state index contributed by atoms with van der Waals surface area (Å²) in [6.45, 7) is 1.04. The Hall–Kier alpha value is -2.51. The minimum Gasteiger partial charge on any atom is -0.347 e. The van der Waals surface area contributed by atoms with Crippen LogP contribution in [0.25, 0.3) is 0 Å². The summed E-state index contributed by atoms with van der Waals surface area (Å²) in [7, 11) is 3.37. The lowest BCUT2D eigenvalue weighted by molar-refractivity contribution is -0.145. The first-order valence-corrected chi connectivity index (χ1v) is 8.99. The highest BCUT2D eigenvalue weighted by Crippen LogP contribution is 2.29.